The lowest BCUT2D eigenvalue weighted by Crippen LogP contribution is -2.22. The second kappa shape index (κ2) is 9.00. The molecule has 1 amide bonds. The van der Waals surface area contributed by atoms with E-state index < -0.39 is 18.5 Å². The lowest BCUT2D eigenvalue weighted by molar-refractivity contribution is -0.119. The van der Waals surface area contributed by atoms with E-state index >= 15 is 0 Å². The summed E-state index contributed by atoms with van der Waals surface area (Å²) < 4.78 is 17.2. The Kier molecular flexibility index (Phi) is 5.79. The van der Waals surface area contributed by atoms with Gasteiger partial charge in [-0.1, -0.05) is 24.3 Å². The summed E-state index contributed by atoms with van der Waals surface area (Å²) in [5.74, 6) is -0.0416. The predicted molar refractivity (Wildman–Crippen MR) is 113 cm³/mol. The number of methoxy groups -OCH3 is 1. The maximum atomic E-state index is 12.8. The smallest absolute Gasteiger partial charge is 0.357 e. The van der Waals surface area contributed by atoms with Crippen molar-refractivity contribution in [3.8, 4) is 22.9 Å². The van der Waals surface area contributed by atoms with Crippen LogP contribution >= 0.6 is 0 Å². The predicted octanol–water partition coefficient (Wildman–Crippen LogP) is 3.94. The van der Waals surface area contributed by atoms with Crippen LogP contribution in [0.15, 0.2) is 83.5 Å². The van der Waals surface area contributed by atoms with Gasteiger partial charge in [0.2, 0.25) is 0 Å². The third kappa shape index (κ3) is 4.64. The van der Waals surface area contributed by atoms with E-state index in [0.717, 1.165) is 0 Å². The first-order chi connectivity index (χ1) is 15.1. The number of amides is 1. The van der Waals surface area contributed by atoms with Gasteiger partial charge in [-0.05, 0) is 36.4 Å². The normalized spacial score (nSPS) is 10.5. The van der Waals surface area contributed by atoms with Crippen molar-refractivity contribution < 1.29 is 23.5 Å². The van der Waals surface area contributed by atoms with E-state index in [9.17, 15) is 9.59 Å². The summed E-state index contributed by atoms with van der Waals surface area (Å²) in [5, 5.41) is 7.13. The summed E-state index contributed by atoms with van der Waals surface area (Å²) in [6.07, 6.45) is 1.53. The fraction of sp³-hybridized carbons (Fsp3) is 0.0870. The van der Waals surface area contributed by atoms with Gasteiger partial charge in [0.15, 0.2) is 18.1 Å². The molecule has 0 radical (unpaired) electrons. The average Bonchev–Trinajstić information content (AvgIpc) is 3.48. The van der Waals surface area contributed by atoms with Crippen molar-refractivity contribution in [3.05, 3.63) is 84.8 Å². The van der Waals surface area contributed by atoms with E-state index in [2.05, 4.69) is 10.4 Å². The number of rotatable bonds is 7. The highest BCUT2D eigenvalue weighted by atomic mass is 16.5. The van der Waals surface area contributed by atoms with Crippen LogP contribution in [0.1, 0.15) is 10.5 Å². The van der Waals surface area contributed by atoms with Crippen LogP contribution in [0.25, 0.3) is 17.1 Å². The highest BCUT2D eigenvalue weighted by molar-refractivity contribution is 5.95. The molecular formula is C23H19N3O5. The molecule has 8 nitrogen and oxygen atoms in total. The first-order valence-corrected chi connectivity index (χ1v) is 9.44. The first-order valence-electron chi connectivity index (χ1n) is 9.44. The summed E-state index contributed by atoms with van der Waals surface area (Å²) in [4.78, 5) is 25.0. The Labute approximate surface area is 178 Å². The fourth-order valence-corrected chi connectivity index (χ4v) is 2.94. The van der Waals surface area contributed by atoms with E-state index in [0.29, 0.717) is 28.6 Å². The van der Waals surface area contributed by atoms with Crippen molar-refractivity contribution in [2.45, 2.75) is 0 Å². The van der Waals surface area contributed by atoms with Gasteiger partial charge in [0, 0.05) is 17.8 Å². The standard InChI is InChI=1S/C23H19N3O5/c1-29-18-10-5-7-16(13-18)24-22(27)15-31-23(28)20-14-19(21-11-6-12-30-21)25-26(20)17-8-3-2-4-9-17/h2-14H,15H2,1H3,(H,24,27). The Morgan fingerprint density at radius 3 is 2.61 bits per heavy atom. The number of hydrogen-bond donors (Lipinski definition) is 1. The van der Waals surface area contributed by atoms with Crippen LogP contribution < -0.4 is 10.1 Å². The van der Waals surface area contributed by atoms with E-state index in [1.807, 2.05) is 30.3 Å². The van der Waals surface area contributed by atoms with Crippen molar-refractivity contribution in [3.63, 3.8) is 0 Å². The van der Waals surface area contributed by atoms with Crippen molar-refractivity contribution in [1.29, 1.82) is 0 Å². The number of carbonyl (C=O) groups excluding carboxylic acids is 2. The van der Waals surface area contributed by atoms with E-state index in [1.165, 1.54) is 18.1 Å². The lowest BCUT2D eigenvalue weighted by atomic mass is 10.3. The number of benzene rings is 2. The van der Waals surface area contributed by atoms with E-state index in [1.54, 1.807) is 42.5 Å². The van der Waals surface area contributed by atoms with Crippen LogP contribution in [0.2, 0.25) is 0 Å². The minimum absolute atomic E-state index is 0.173. The zero-order valence-corrected chi connectivity index (χ0v) is 16.6. The van der Waals surface area contributed by atoms with Crippen molar-refractivity contribution >= 4 is 17.6 Å². The molecule has 31 heavy (non-hydrogen) atoms. The summed E-state index contributed by atoms with van der Waals surface area (Å²) in [5.41, 5.74) is 1.86. The Balaban J connectivity index is 1.50. The van der Waals surface area contributed by atoms with Crippen LogP contribution in [0.4, 0.5) is 5.69 Å². The molecule has 2 aromatic carbocycles. The zero-order chi connectivity index (χ0) is 21.6. The van der Waals surface area contributed by atoms with Gasteiger partial charge in [-0.15, -0.1) is 0 Å². The highest BCUT2D eigenvalue weighted by Crippen LogP contribution is 2.23. The summed E-state index contributed by atoms with van der Waals surface area (Å²) in [6, 6.07) is 21.1. The molecule has 0 aliphatic carbocycles. The van der Waals surface area contributed by atoms with Crippen LogP contribution in [-0.2, 0) is 9.53 Å². The molecular weight excluding hydrogens is 398 g/mol. The molecule has 4 aromatic rings. The van der Waals surface area contributed by atoms with Gasteiger partial charge in [-0.2, -0.15) is 5.10 Å². The number of nitrogens with one attached hydrogen (secondary N) is 1. The number of carbonyl (C=O) groups is 2. The quantitative estimate of drug-likeness (QED) is 0.458. The van der Waals surface area contributed by atoms with Crippen LogP contribution in [-0.4, -0.2) is 35.4 Å². The second-order valence-corrected chi connectivity index (χ2v) is 6.50. The summed E-state index contributed by atoms with van der Waals surface area (Å²) in [6.45, 7) is -0.452. The van der Waals surface area contributed by atoms with Gasteiger partial charge >= 0.3 is 5.97 Å². The highest BCUT2D eigenvalue weighted by Gasteiger charge is 2.21. The van der Waals surface area contributed by atoms with Crippen molar-refractivity contribution in [1.82, 2.24) is 9.78 Å². The molecule has 0 spiro atoms. The minimum atomic E-state index is -0.685. The van der Waals surface area contributed by atoms with Gasteiger partial charge < -0.3 is 19.2 Å². The number of esters is 1. The number of furan rings is 1. The molecule has 1 N–H and O–H groups in total. The van der Waals surface area contributed by atoms with Crippen LogP contribution in [0.3, 0.4) is 0 Å². The number of anilines is 1. The SMILES string of the molecule is COc1cccc(NC(=O)COC(=O)c2cc(-c3ccco3)nn2-c2ccccc2)c1. The number of para-hydroxylation sites is 1. The number of nitrogens with zero attached hydrogens (tertiary/aromatic N) is 2. The van der Waals surface area contributed by atoms with E-state index in [-0.39, 0.29) is 5.69 Å². The molecule has 0 saturated heterocycles. The van der Waals surface area contributed by atoms with Crippen LogP contribution in [0.5, 0.6) is 5.75 Å². The molecule has 2 heterocycles. The second-order valence-electron chi connectivity index (χ2n) is 6.50. The summed E-state index contributed by atoms with van der Waals surface area (Å²) >= 11 is 0. The van der Waals surface area contributed by atoms with E-state index in [4.69, 9.17) is 13.9 Å². The van der Waals surface area contributed by atoms with Crippen molar-refractivity contribution in [2.24, 2.45) is 0 Å². The van der Waals surface area contributed by atoms with Gasteiger partial charge in [0.1, 0.15) is 11.4 Å². The Bertz CT molecular complexity index is 1180. The average molecular weight is 417 g/mol. The Morgan fingerprint density at radius 1 is 1.03 bits per heavy atom. The number of aromatic nitrogens is 2. The third-order valence-corrected chi connectivity index (χ3v) is 4.38. The zero-order valence-electron chi connectivity index (χ0n) is 16.6. The minimum Gasteiger partial charge on any atom is -0.497 e. The maximum absolute atomic E-state index is 12.8. The Hall–Kier alpha value is -4.33. The monoisotopic (exact) mass is 417 g/mol. The summed E-state index contributed by atoms with van der Waals surface area (Å²) in [7, 11) is 1.54. The van der Waals surface area contributed by atoms with Crippen LogP contribution in [0, 0.1) is 0 Å². The molecule has 0 aliphatic heterocycles. The molecule has 0 aliphatic rings. The van der Waals surface area contributed by atoms with Crippen molar-refractivity contribution in [2.75, 3.05) is 19.0 Å². The topological polar surface area (TPSA) is 95.6 Å². The van der Waals surface area contributed by atoms with Gasteiger partial charge in [0.25, 0.3) is 5.91 Å². The number of hydrogen-bond acceptors (Lipinski definition) is 6. The van der Waals surface area contributed by atoms with Gasteiger partial charge in [-0.25, -0.2) is 9.48 Å². The molecule has 4 rings (SSSR count). The molecule has 0 fully saturated rings. The molecule has 0 saturated carbocycles. The first kappa shape index (κ1) is 20.0. The Morgan fingerprint density at radius 2 is 1.87 bits per heavy atom. The maximum Gasteiger partial charge on any atom is 0.357 e. The number of ether oxygens (including phenoxy) is 2. The molecule has 156 valence electrons. The lowest BCUT2D eigenvalue weighted by Gasteiger charge is -2.09. The molecule has 0 atom stereocenters. The van der Waals surface area contributed by atoms with Gasteiger partial charge in [0.05, 0.1) is 19.1 Å². The molecule has 8 heteroatoms. The fourth-order valence-electron chi connectivity index (χ4n) is 2.94. The molecule has 0 bridgehead atoms. The van der Waals surface area contributed by atoms with Gasteiger partial charge in [-0.3, -0.25) is 4.79 Å². The molecule has 0 unspecified atom stereocenters. The largest absolute Gasteiger partial charge is 0.497 e. The molecule has 2 aromatic heterocycles. The third-order valence-electron chi connectivity index (χ3n) is 4.38.